The molecule has 0 radical (unpaired) electrons. The molecule has 0 fully saturated rings. The van der Waals surface area contributed by atoms with Gasteiger partial charge in [-0.25, -0.2) is 18.1 Å². The minimum absolute atomic E-state index is 0.238. The number of ether oxygens (including phenoxy) is 1. The summed E-state index contributed by atoms with van der Waals surface area (Å²) < 4.78 is 8.13. The summed E-state index contributed by atoms with van der Waals surface area (Å²) in [5, 5.41) is 0. The summed E-state index contributed by atoms with van der Waals surface area (Å²) in [7, 11) is 0. The first-order valence-electron chi connectivity index (χ1n) is 10.2. The Bertz CT molecular complexity index is 1050. The van der Waals surface area contributed by atoms with Crippen LogP contribution in [0.4, 0.5) is 4.79 Å². The third-order valence-electron chi connectivity index (χ3n) is 4.51. The molecule has 9 heteroatoms. The summed E-state index contributed by atoms with van der Waals surface area (Å²) in [6.45, 7) is 7.01. The van der Waals surface area contributed by atoms with Gasteiger partial charge in [0, 0.05) is 49.4 Å². The smallest absolute Gasteiger partial charge is 0.418 e. The minimum Gasteiger partial charge on any atom is -0.443 e. The zero-order valence-corrected chi connectivity index (χ0v) is 18.9. The predicted molar refractivity (Wildman–Crippen MR) is 121 cm³/mol. The quantitative estimate of drug-likeness (QED) is 0.612. The average Bonchev–Trinajstić information content (AvgIpc) is 2.99. The zero-order valence-electron chi connectivity index (χ0n) is 18.1. The highest BCUT2D eigenvalue weighted by molar-refractivity contribution is 7.03. The monoisotopic (exact) mass is 444 g/mol. The fourth-order valence-corrected chi connectivity index (χ4v) is 3.81. The number of amides is 1. The molecule has 8 nitrogen and oxygen atoms in total. The number of benzene rings is 1. The van der Waals surface area contributed by atoms with Gasteiger partial charge in [-0.3, -0.25) is 9.69 Å². The van der Waals surface area contributed by atoms with E-state index < -0.39 is 11.7 Å². The van der Waals surface area contributed by atoms with Gasteiger partial charge < -0.3 is 9.64 Å². The summed E-state index contributed by atoms with van der Waals surface area (Å²) in [6.07, 6.45) is 8.11. The predicted octanol–water partition coefficient (Wildman–Crippen LogP) is 3.40. The first-order valence-corrected chi connectivity index (χ1v) is 11.0. The highest BCUT2D eigenvalue weighted by atomic mass is 32.1. The minimum atomic E-state index is -0.543. The third-order valence-corrected chi connectivity index (χ3v) is 5.44. The maximum Gasteiger partial charge on any atom is 0.418 e. The van der Waals surface area contributed by atoms with E-state index in [4.69, 9.17) is 4.74 Å². The largest absolute Gasteiger partial charge is 0.443 e. The lowest BCUT2D eigenvalue weighted by molar-refractivity contribution is 0.0393. The van der Waals surface area contributed by atoms with E-state index in [1.54, 1.807) is 12.4 Å². The Labute approximate surface area is 185 Å². The van der Waals surface area contributed by atoms with Crippen molar-refractivity contribution >= 4 is 17.6 Å². The van der Waals surface area contributed by atoms with E-state index in [0.717, 1.165) is 36.5 Å². The molecular formula is C22H28N4O4S. The molecule has 0 aliphatic carbocycles. The summed E-state index contributed by atoms with van der Waals surface area (Å²) in [5.41, 5.74) is 0.124. The maximum absolute atomic E-state index is 12.5. The topological polar surface area (TPSA) is 76.8 Å². The van der Waals surface area contributed by atoms with Gasteiger partial charge in [0.25, 0.3) is 0 Å². The van der Waals surface area contributed by atoms with Gasteiger partial charge in [0.15, 0.2) is 0 Å². The van der Waals surface area contributed by atoms with Crippen LogP contribution in [0.3, 0.4) is 0 Å². The van der Waals surface area contributed by atoms with Gasteiger partial charge in [-0.1, -0.05) is 30.3 Å². The number of unbranched alkanes of at least 4 members (excludes halogenated alkanes) is 1. The molecule has 0 unspecified atom stereocenters. The molecule has 1 amide bonds. The van der Waals surface area contributed by atoms with E-state index in [-0.39, 0.29) is 10.6 Å². The van der Waals surface area contributed by atoms with Gasteiger partial charge in [-0.2, -0.15) is 0 Å². The van der Waals surface area contributed by atoms with Crippen LogP contribution in [0, 0.1) is 0 Å². The Balaban J connectivity index is 1.46. The van der Waals surface area contributed by atoms with Crippen molar-refractivity contribution in [1.29, 1.82) is 0 Å². The summed E-state index contributed by atoms with van der Waals surface area (Å²) in [4.78, 5) is 39.9. The van der Waals surface area contributed by atoms with Crippen LogP contribution in [0.5, 0.6) is 0 Å². The Kier molecular flexibility index (Phi) is 7.17. The molecule has 1 aromatic heterocycles. The van der Waals surface area contributed by atoms with E-state index in [2.05, 4.69) is 0 Å². The van der Waals surface area contributed by atoms with Crippen molar-refractivity contribution in [3.63, 3.8) is 0 Å². The lowest BCUT2D eigenvalue weighted by Gasteiger charge is -2.26. The number of nitrogens with zero attached hydrogens (tertiary/aromatic N) is 4. The van der Waals surface area contributed by atoms with Crippen LogP contribution in [0.1, 0.15) is 39.2 Å². The van der Waals surface area contributed by atoms with E-state index in [1.165, 1.54) is 13.4 Å². The first-order chi connectivity index (χ1) is 14.7. The van der Waals surface area contributed by atoms with E-state index >= 15 is 0 Å². The summed E-state index contributed by atoms with van der Waals surface area (Å²) in [5.74, 6) is 0. The van der Waals surface area contributed by atoms with Gasteiger partial charge in [0.1, 0.15) is 5.60 Å². The fourth-order valence-electron chi connectivity index (χ4n) is 2.98. The second kappa shape index (κ2) is 9.82. The standard InChI is InChI=1S/C22H28N4O4S/c1-22(2,3)30-20(28)24-15-13-23(14-16-24)11-7-8-12-26-19(27)25(21(29)31-26)17-18-9-5-4-6-10-18/h4-6,9-10,13-16H,7-8,11-12,17H2,1-3H3. The SMILES string of the molecule is CC(C)(C)OC(=O)N1C=CN(CCCCn2sc(=O)n(Cc3ccccc3)c2=O)C=C1. The number of rotatable bonds is 7. The second-order valence-electron chi connectivity index (χ2n) is 8.24. The molecular weight excluding hydrogens is 416 g/mol. The second-order valence-corrected chi connectivity index (χ2v) is 9.22. The summed E-state index contributed by atoms with van der Waals surface area (Å²) in [6, 6.07) is 9.48. The van der Waals surface area contributed by atoms with Crippen LogP contribution in [-0.4, -0.2) is 36.6 Å². The van der Waals surface area contributed by atoms with E-state index in [1.807, 2.05) is 68.4 Å². The van der Waals surface area contributed by atoms with Crippen molar-refractivity contribution in [3.8, 4) is 0 Å². The van der Waals surface area contributed by atoms with Crippen molar-refractivity contribution in [2.24, 2.45) is 0 Å². The molecule has 1 aliphatic rings. The van der Waals surface area contributed by atoms with Crippen molar-refractivity contribution < 1.29 is 9.53 Å². The Morgan fingerprint density at radius 1 is 0.968 bits per heavy atom. The van der Waals surface area contributed by atoms with E-state index in [9.17, 15) is 14.4 Å². The summed E-state index contributed by atoms with van der Waals surface area (Å²) >= 11 is 0.966. The molecule has 166 valence electrons. The van der Waals surface area contributed by atoms with Crippen LogP contribution in [0.25, 0.3) is 0 Å². The van der Waals surface area contributed by atoms with E-state index in [0.29, 0.717) is 13.1 Å². The van der Waals surface area contributed by atoms with Crippen molar-refractivity contribution in [2.45, 2.75) is 52.3 Å². The van der Waals surface area contributed by atoms with Crippen molar-refractivity contribution in [2.75, 3.05) is 6.54 Å². The number of aromatic nitrogens is 2. The molecule has 0 saturated carbocycles. The molecule has 0 saturated heterocycles. The van der Waals surface area contributed by atoms with Crippen LogP contribution in [0.2, 0.25) is 0 Å². The molecule has 0 atom stereocenters. The van der Waals surface area contributed by atoms with Crippen LogP contribution in [0.15, 0.2) is 64.7 Å². The van der Waals surface area contributed by atoms with Crippen molar-refractivity contribution in [1.82, 2.24) is 18.3 Å². The lowest BCUT2D eigenvalue weighted by Crippen LogP contribution is -2.32. The number of carbonyl (C=O) groups is 1. The van der Waals surface area contributed by atoms with Gasteiger partial charge in [0.05, 0.1) is 6.54 Å². The maximum atomic E-state index is 12.5. The van der Waals surface area contributed by atoms with Gasteiger partial charge in [-0.15, -0.1) is 0 Å². The molecule has 3 rings (SSSR count). The van der Waals surface area contributed by atoms with Gasteiger partial charge >= 0.3 is 16.7 Å². The number of hydrogen-bond acceptors (Lipinski definition) is 6. The van der Waals surface area contributed by atoms with Crippen molar-refractivity contribution in [3.05, 3.63) is 80.8 Å². The highest BCUT2D eigenvalue weighted by Crippen LogP contribution is 2.13. The molecule has 2 heterocycles. The molecule has 0 bridgehead atoms. The zero-order chi connectivity index (χ0) is 22.4. The number of carbonyl (C=O) groups excluding carboxylic acids is 1. The molecule has 0 spiro atoms. The molecule has 1 aromatic carbocycles. The van der Waals surface area contributed by atoms with Gasteiger partial charge in [-0.05, 0) is 39.2 Å². The Morgan fingerprint density at radius 3 is 2.26 bits per heavy atom. The Morgan fingerprint density at radius 2 is 1.61 bits per heavy atom. The number of aryl methyl sites for hydroxylation is 1. The first kappa shape index (κ1) is 22.6. The van der Waals surface area contributed by atoms with Crippen LogP contribution < -0.4 is 10.6 Å². The lowest BCUT2D eigenvalue weighted by atomic mass is 10.2. The van der Waals surface area contributed by atoms with Gasteiger partial charge in [0.2, 0.25) is 0 Å². The average molecular weight is 445 g/mol. The molecule has 0 N–H and O–H groups in total. The van der Waals surface area contributed by atoms with Crippen LogP contribution >= 0.6 is 11.5 Å². The molecule has 1 aliphatic heterocycles. The number of hydrogen-bond donors (Lipinski definition) is 0. The Hall–Kier alpha value is -3.07. The van der Waals surface area contributed by atoms with Crippen LogP contribution in [-0.2, 0) is 17.8 Å². The third kappa shape index (κ3) is 6.45. The molecule has 2 aromatic rings. The highest BCUT2D eigenvalue weighted by Gasteiger charge is 2.20. The fraction of sp³-hybridized carbons (Fsp3) is 0.409. The molecule has 31 heavy (non-hydrogen) atoms. The normalized spacial score (nSPS) is 13.6.